The number of nitrogens with zero attached hydrogens (tertiary/aromatic N) is 2. The fourth-order valence-electron chi connectivity index (χ4n) is 1.69. The fraction of sp³-hybridized carbons (Fsp3) is 0.308. The van der Waals surface area contributed by atoms with Crippen LogP contribution in [0.15, 0.2) is 30.6 Å². The van der Waals surface area contributed by atoms with Gasteiger partial charge in [-0.3, -0.25) is 4.68 Å². The summed E-state index contributed by atoms with van der Waals surface area (Å²) in [6, 6.07) is 4.66. The summed E-state index contributed by atoms with van der Waals surface area (Å²) in [6.07, 6.45) is 3.40. The lowest BCUT2D eigenvalue weighted by Crippen LogP contribution is -2.05. The van der Waals surface area contributed by atoms with Crippen molar-refractivity contribution in [2.45, 2.75) is 20.0 Å². The molecule has 18 heavy (non-hydrogen) atoms. The summed E-state index contributed by atoms with van der Waals surface area (Å²) in [5.41, 5.74) is 0.843. The summed E-state index contributed by atoms with van der Waals surface area (Å²) in [4.78, 5) is 0. The van der Waals surface area contributed by atoms with Crippen LogP contribution in [-0.2, 0) is 13.1 Å². The van der Waals surface area contributed by atoms with Crippen LogP contribution in [0.1, 0.15) is 12.5 Å². The predicted octanol–water partition coefficient (Wildman–Crippen LogP) is 2.55. The van der Waals surface area contributed by atoms with E-state index in [1.807, 2.05) is 20.0 Å². The topological polar surface area (TPSA) is 39.1 Å². The van der Waals surface area contributed by atoms with Crippen molar-refractivity contribution in [1.29, 1.82) is 0 Å². The molecule has 0 saturated heterocycles. The molecule has 2 rings (SSSR count). The van der Waals surface area contributed by atoms with Crippen LogP contribution in [0.25, 0.3) is 0 Å². The summed E-state index contributed by atoms with van der Waals surface area (Å²) in [5, 5.41) is 7.07. The van der Waals surface area contributed by atoms with Crippen LogP contribution in [0.2, 0.25) is 0 Å². The van der Waals surface area contributed by atoms with Gasteiger partial charge in [-0.15, -0.1) is 0 Å². The Bertz CT molecular complexity index is 525. The van der Waals surface area contributed by atoms with Gasteiger partial charge in [-0.2, -0.15) is 5.10 Å². The molecular weight excluding hydrogens is 233 g/mol. The molecule has 0 unspecified atom stereocenters. The molecule has 0 radical (unpaired) electrons. The summed E-state index contributed by atoms with van der Waals surface area (Å²) < 4.78 is 20.7. The first-order valence-electron chi connectivity index (χ1n) is 5.85. The normalized spacial score (nSPS) is 10.6. The number of ether oxygens (including phenoxy) is 1. The molecule has 1 aromatic heterocycles. The summed E-state index contributed by atoms with van der Waals surface area (Å²) in [6.45, 7) is 3.36. The van der Waals surface area contributed by atoms with Crippen molar-refractivity contribution < 1.29 is 9.13 Å². The van der Waals surface area contributed by atoms with Gasteiger partial charge in [0.2, 0.25) is 0 Å². The molecule has 0 atom stereocenters. The molecule has 0 amide bonds. The predicted molar refractivity (Wildman–Crippen MR) is 67.1 cm³/mol. The molecule has 96 valence electrons. The third-order valence-electron chi connectivity index (χ3n) is 2.48. The fourth-order valence-corrected chi connectivity index (χ4v) is 1.69. The van der Waals surface area contributed by atoms with Crippen LogP contribution < -0.4 is 10.1 Å². The summed E-state index contributed by atoms with van der Waals surface area (Å²) >= 11 is 0. The molecule has 0 aliphatic heterocycles. The Balaban J connectivity index is 2.17. The van der Waals surface area contributed by atoms with Crippen molar-refractivity contribution in [2.24, 2.45) is 0 Å². The van der Waals surface area contributed by atoms with Crippen LogP contribution in [0.3, 0.4) is 0 Å². The van der Waals surface area contributed by atoms with Crippen molar-refractivity contribution in [1.82, 2.24) is 15.1 Å². The molecule has 1 aromatic carbocycles. The Morgan fingerprint density at radius 1 is 1.33 bits per heavy atom. The van der Waals surface area contributed by atoms with E-state index in [2.05, 4.69) is 10.4 Å². The molecule has 5 heteroatoms. The van der Waals surface area contributed by atoms with E-state index in [-0.39, 0.29) is 5.82 Å². The Morgan fingerprint density at radius 3 is 2.83 bits per heavy atom. The number of aromatic nitrogens is 2. The average molecular weight is 249 g/mol. The van der Waals surface area contributed by atoms with Gasteiger partial charge >= 0.3 is 0 Å². The van der Waals surface area contributed by atoms with Crippen molar-refractivity contribution in [3.8, 4) is 11.5 Å². The van der Waals surface area contributed by atoms with Crippen LogP contribution in [0, 0.1) is 5.82 Å². The molecule has 0 aliphatic rings. The first kappa shape index (κ1) is 12.6. The van der Waals surface area contributed by atoms with E-state index in [9.17, 15) is 4.39 Å². The zero-order valence-corrected chi connectivity index (χ0v) is 10.5. The monoisotopic (exact) mass is 249 g/mol. The van der Waals surface area contributed by atoms with E-state index in [0.29, 0.717) is 18.0 Å². The summed E-state index contributed by atoms with van der Waals surface area (Å²) in [5.74, 6) is 0.786. The molecule has 0 bridgehead atoms. The maximum absolute atomic E-state index is 13.4. The maximum atomic E-state index is 13.4. The van der Waals surface area contributed by atoms with E-state index < -0.39 is 0 Å². The number of benzene rings is 1. The Labute approximate surface area is 105 Å². The Morgan fingerprint density at radius 2 is 2.17 bits per heavy atom. The lowest BCUT2D eigenvalue weighted by Gasteiger charge is -2.06. The van der Waals surface area contributed by atoms with Gasteiger partial charge < -0.3 is 10.1 Å². The molecule has 4 nitrogen and oxygen atoms in total. The molecular formula is C13H16FN3O. The summed E-state index contributed by atoms with van der Waals surface area (Å²) in [7, 11) is 1.82. The minimum absolute atomic E-state index is 0.305. The average Bonchev–Trinajstić information content (AvgIpc) is 2.76. The number of hydrogen-bond donors (Lipinski definition) is 1. The molecule has 0 spiro atoms. The number of halogens is 1. The van der Waals surface area contributed by atoms with Gasteiger partial charge in [-0.1, -0.05) is 0 Å². The second-order valence-electron chi connectivity index (χ2n) is 3.96. The molecule has 1 heterocycles. The molecule has 2 aromatic rings. The van der Waals surface area contributed by atoms with Crippen molar-refractivity contribution >= 4 is 0 Å². The van der Waals surface area contributed by atoms with Gasteiger partial charge in [0.15, 0.2) is 5.75 Å². The molecule has 0 saturated carbocycles. The SMILES string of the molecule is CCn1cc(Oc2cc(F)cc(CNC)c2)cn1. The van der Waals surface area contributed by atoms with Crippen LogP contribution in [0.4, 0.5) is 4.39 Å². The van der Waals surface area contributed by atoms with Gasteiger partial charge in [0.1, 0.15) is 11.6 Å². The number of rotatable bonds is 5. The van der Waals surface area contributed by atoms with Crippen LogP contribution in [-0.4, -0.2) is 16.8 Å². The van der Waals surface area contributed by atoms with E-state index in [1.54, 1.807) is 17.1 Å². The lowest BCUT2D eigenvalue weighted by atomic mass is 10.2. The van der Waals surface area contributed by atoms with Gasteiger partial charge in [-0.05, 0) is 31.7 Å². The van der Waals surface area contributed by atoms with Crippen molar-refractivity contribution in [3.05, 3.63) is 42.0 Å². The number of aryl methyl sites for hydroxylation is 1. The number of hydrogen-bond acceptors (Lipinski definition) is 3. The van der Waals surface area contributed by atoms with E-state index >= 15 is 0 Å². The maximum Gasteiger partial charge on any atom is 0.165 e. The zero-order chi connectivity index (χ0) is 13.0. The lowest BCUT2D eigenvalue weighted by molar-refractivity contribution is 0.474. The highest BCUT2D eigenvalue weighted by atomic mass is 19.1. The van der Waals surface area contributed by atoms with E-state index in [4.69, 9.17) is 4.74 Å². The standard InChI is InChI=1S/C13H16FN3O/c1-3-17-9-13(8-16-17)18-12-5-10(7-15-2)4-11(14)6-12/h4-6,8-9,15H,3,7H2,1-2H3. The van der Waals surface area contributed by atoms with Gasteiger partial charge in [0.05, 0.1) is 12.4 Å². The molecule has 0 fully saturated rings. The number of nitrogens with one attached hydrogen (secondary N) is 1. The largest absolute Gasteiger partial charge is 0.454 e. The van der Waals surface area contributed by atoms with Crippen molar-refractivity contribution in [2.75, 3.05) is 7.05 Å². The smallest absolute Gasteiger partial charge is 0.165 e. The quantitative estimate of drug-likeness (QED) is 0.885. The Hall–Kier alpha value is -1.88. The minimum atomic E-state index is -0.305. The third kappa shape index (κ3) is 3.07. The minimum Gasteiger partial charge on any atom is -0.454 e. The molecule has 0 aliphatic carbocycles. The van der Waals surface area contributed by atoms with Gasteiger partial charge in [0, 0.05) is 19.2 Å². The van der Waals surface area contributed by atoms with Crippen molar-refractivity contribution in [3.63, 3.8) is 0 Å². The highest BCUT2D eigenvalue weighted by Gasteiger charge is 2.04. The first-order valence-corrected chi connectivity index (χ1v) is 5.85. The Kier molecular flexibility index (Phi) is 3.94. The van der Waals surface area contributed by atoms with E-state index in [0.717, 1.165) is 12.1 Å². The third-order valence-corrected chi connectivity index (χ3v) is 2.48. The highest BCUT2D eigenvalue weighted by Crippen LogP contribution is 2.23. The zero-order valence-electron chi connectivity index (χ0n) is 10.5. The second-order valence-corrected chi connectivity index (χ2v) is 3.96. The van der Waals surface area contributed by atoms with Crippen LogP contribution >= 0.6 is 0 Å². The highest BCUT2D eigenvalue weighted by molar-refractivity contribution is 5.33. The first-order chi connectivity index (χ1) is 8.71. The van der Waals surface area contributed by atoms with Gasteiger partial charge in [-0.25, -0.2) is 4.39 Å². The van der Waals surface area contributed by atoms with Gasteiger partial charge in [0.25, 0.3) is 0 Å². The second kappa shape index (κ2) is 5.64. The van der Waals surface area contributed by atoms with E-state index in [1.165, 1.54) is 12.1 Å². The molecule has 1 N–H and O–H groups in total. The van der Waals surface area contributed by atoms with Crippen LogP contribution in [0.5, 0.6) is 11.5 Å².